The Bertz CT molecular complexity index is 407. The van der Waals surface area contributed by atoms with Gasteiger partial charge in [-0.05, 0) is 26.8 Å². The van der Waals surface area contributed by atoms with Crippen LogP contribution >= 0.6 is 0 Å². The Hall–Kier alpha value is -1.71. The summed E-state index contributed by atoms with van der Waals surface area (Å²) >= 11 is 0. The van der Waals surface area contributed by atoms with Gasteiger partial charge in [-0.1, -0.05) is 6.08 Å². The third-order valence-electron chi connectivity index (χ3n) is 2.66. The van der Waals surface area contributed by atoms with E-state index in [2.05, 4.69) is 6.58 Å². The van der Waals surface area contributed by atoms with Gasteiger partial charge in [0.2, 0.25) is 0 Å². The third kappa shape index (κ3) is 2.90. The fourth-order valence-electron chi connectivity index (χ4n) is 1.77. The number of carbonyl (C=O) groups is 1. The highest BCUT2D eigenvalue weighted by molar-refractivity contribution is 5.94. The molecule has 0 saturated heterocycles. The van der Waals surface area contributed by atoms with Crippen molar-refractivity contribution in [2.75, 3.05) is 18.8 Å². The Labute approximate surface area is 103 Å². The largest absolute Gasteiger partial charge is 0.397 e. The summed E-state index contributed by atoms with van der Waals surface area (Å²) in [4.78, 5) is 14.0. The Kier molecular flexibility index (Phi) is 4.37. The van der Waals surface area contributed by atoms with E-state index in [9.17, 15) is 4.79 Å². The van der Waals surface area contributed by atoms with Gasteiger partial charge in [0, 0.05) is 25.3 Å². The first-order valence-corrected chi connectivity index (χ1v) is 5.88. The lowest BCUT2D eigenvalue weighted by atomic mass is 10.3. The number of nitrogens with zero attached hydrogens (tertiary/aromatic N) is 2. The summed E-state index contributed by atoms with van der Waals surface area (Å²) < 4.78 is 1.91. The number of nitrogen functional groups attached to an aromatic ring is 1. The van der Waals surface area contributed by atoms with E-state index in [1.54, 1.807) is 23.2 Å². The van der Waals surface area contributed by atoms with Crippen molar-refractivity contribution in [2.45, 2.75) is 26.8 Å². The van der Waals surface area contributed by atoms with Gasteiger partial charge >= 0.3 is 0 Å². The highest BCUT2D eigenvalue weighted by Gasteiger charge is 2.19. The zero-order valence-electron chi connectivity index (χ0n) is 10.8. The minimum atomic E-state index is -0.00204. The molecule has 1 amide bonds. The molecule has 1 rings (SSSR count). The van der Waals surface area contributed by atoms with Gasteiger partial charge in [-0.25, -0.2) is 0 Å². The maximum atomic E-state index is 12.3. The molecule has 17 heavy (non-hydrogen) atoms. The number of nitrogens with two attached hydrogens (primary N) is 1. The third-order valence-corrected chi connectivity index (χ3v) is 2.66. The van der Waals surface area contributed by atoms with E-state index in [4.69, 9.17) is 5.73 Å². The van der Waals surface area contributed by atoms with Crippen LogP contribution in [0.15, 0.2) is 24.9 Å². The van der Waals surface area contributed by atoms with Gasteiger partial charge in [0.15, 0.2) is 0 Å². The zero-order valence-corrected chi connectivity index (χ0v) is 10.8. The molecule has 0 aliphatic carbocycles. The summed E-state index contributed by atoms with van der Waals surface area (Å²) in [5.74, 6) is -0.00204. The number of carbonyl (C=O) groups excluding carboxylic acids is 1. The molecular weight excluding hydrogens is 214 g/mol. The van der Waals surface area contributed by atoms with Crippen LogP contribution < -0.4 is 5.73 Å². The summed E-state index contributed by atoms with van der Waals surface area (Å²) in [7, 11) is 0. The molecule has 0 fully saturated rings. The predicted molar refractivity (Wildman–Crippen MR) is 71.0 cm³/mol. The van der Waals surface area contributed by atoms with Crippen LogP contribution in [-0.4, -0.2) is 28.5 Å². The molecule has 0 atom stereocenters. The molecule has 1 aromatic rings. The van der Waals surface area contributed by atoms with E-state index < -0.39 is 0 Å². The average molecular weight is 235 g/mol. The van der Waals surface area contributed by atoms with Crippen LogP contribution in [0.1, 0.15) is 37.3 Å². The van der Waals surface area contributed by atoms with Gasteiger partial charge < -0.3 is 15.2 Å². The predicted octanol–water partition coefficient (Wildman–Crippen LogP) is 2.30. The fourth-order valence-corrected chi connectivity index (χ4v) is 1.77. The van der Waals surface area contributed by atoms with Gasteiger partial charge in [0.25, 0.3) is 5.91 Å². The van der Waals surface area contributed by atoms with Gasteiger partial charge in [-0.3, -0.25) is 4.79 Å². The highest BCUT2D eigenvalue weighted by atomic mass is 16.2. The van der Waals surface area contributed by atoms with Gasteiger partial charge in [0.1, 0.15) is 5.69 Å². The smallest absolute Gasteiger partial charge is 0.270 e. The van der Waals surface area contributed by atoms with Crippen LogP contribution in [0.2, 0.25) is 0 Å². The molecule has 0 bridgehead atoms. The van der Waals surface area contributed by atoms with Crippen LogP contribution in [0.25, 0.3) is 0 Å². The second kappa shape index (κ2) is 5.57. The van der Waals surface area contributed by atoms with E-state index >= 15 is 0 Å². The quantitative estimate of drug-likeness (QED) is 0.796. The van der Waals surface area contributed by atoms with Crippen LogP contribution in [0.3, 0.4) is 0 Å². The molecule has 2 N–H and O–H groups in total. The number of likely N-dealkylation sites (N-methyl/N-ethyl adjacent to an activating group) is 1. The van der Waals surface area contributed by atoms with Crippen molar-refractivity contribution in [3.8, 4) is 0 Å². The first kappa shape index (κ1) is 13.4. The van der Waals surface area contributed by atoms with Crippen molar-refractivity contribution in [1.29, 1.82) is 0 Å². The number of hydrogen-bond donors (Lipinski definition) is 1. The topological polar surface area (TPSA) is 51.3 Å². The normalized spacial score (nSPS) is 10.6. The van der Waals surface area contributed by atoms with Crippen molar-refractivity contribution in [2.24, 2.45) is 0 Å². The van der Waals surface area contributed by atoms with Crippen molar-refractivity contribution in [3.63, 3.8) is 0 Å². The average Bonchev–Trinajstić information content (AvgIpc) is 2.67. The second-order valence-corrected chi connectivity index (χ2v) is 4.29. The minimum Gasteiger partial charge on any atom is -0.397 e. The molecule has 4 nitrogen and oxygen atoms in total. The van der Waals surface area contributed by atoms with E-state index in [-0.39, 0.29) is 11.9 Å². The molecule has 0 saturated carbocycles. The number of rotatable bonds is 5. The monoisotopic (exact) mass is 235 g/mol. The minimum absolute atomic E-state index is 0.00204. The molecule has 0 unspecified atom stereocenters. The van der Waals surface area contributed by atoms with Crippen LogP contribution in [0.5, 0.6) is 0 Å². The first-order valence-electron chi connectivity index (χ1n) is 5.88. The van der Waals surface area contributed by atoms with Gasteiger partial charge in [-0.15, -0.1) is 6.58 Å². The standard InChI is InChI=1S/C13H21N3O/c1-5-7-15(6-2)13(17)12-8-11(14)9-16(12)10(3)4/h5,8-10H,1,6-7,14H2,2-4H3. The van der Waals surface area contributed by atoms with E-state index in [0.29, 0.717) is 24.5 Å². The summed E-state index contributed by atoms with van der Waals surface area (Å²) in [5.41, 5.74) is 7.02. The highest BCUT2D eigenvalue weighted by Crippen LogP contribution is 2.18. The lowest BCUT2D eigenvalue weighted by Crippen LogP contribution is -2.32. The lowest BCUT2D eigenvalue weighted by Gasteiger charge is -2.21. The molecule has 0 radical (unpaired) electrons. The van der Waals surface area contributed by atoms with E-state index in [0.717, 1.165) is 0 Å². The summed E-state index contributed by atoms with van der Waals surface area (Å²) in [6, 6.07) is 1.95. The zero-order chi connectivity index (χ0) is 13.0. The number of anilines is 1. The number of amides is 1. The number of hydrogen-bond acceptors (Lipinski definition) is 2. The van der Waals surface area contributed by atoms with Crippen molar-refractivity contribution in [1.82, 2.24) is 9.47 Å². The van der Waals surface area contributed by atoms with Crippen molar-refractivity contribution >= 4 is 11.6 Å². The Morgan fingerprint density at radius 1 is 1.65 bits per heavy atom. The molecule has 1 heterocycles. The summed E-state index contributed by atoms with van der Waals surface area (Å²) in [6.45, 7) is 10.9. The van der Waals surface area contributed by atoms with Crippen LogP contribution in [0.4, 0.5) is 5.69 Å². The van der Waals surface area contributed by atoms with Crippen molar-refractivity contribution in [3.05, 3.63) is 30.6 Å². The molecule has 1 aromatic heterocycles. The SMILES string of the molecule is C=CCN(CC)C(=O)c1cc(N)cn1C(C)C. The lowest BCUT2D eigenvalue weighted by molar-refractivity contribution is 0.0770. The van der Waals surface area contributed by atoms with Gasteiger partial charge in [0.05, 0.1) is 5.69 Å². The summed E-state index contributed by atoms with van der Waals surface area (Å²) in [5, 5.41) is 0. The Morgan fingerprint density at radius 2 is 2.29 bits per heavy atom. The molecule has 4 heteroatoms. The molecule has 0 aliphatic rings. The first-order chi connectivity index (χ1) is 8.01. The summed E-state index contributed by atoms with van der Waals surface area (Å²) in [6.07, 6.45) is 3.53. The Morgan fingerprint density at radius 3 is 2.76 bits per heavy atom. The molecule has 94 valence electrons. The van der Waals surface area contributed by atoms with Crippen molar-refractivity contribution < 1.29 is 4.79 Å². The Balaban J connectivity index is 3.05. The molecule has 0 spiro atoms. The van der Waals surface area contributed by atoms with E-state index in [1.807, 2.05) is 25.3 Å². The van der Waals surface area contributed by atoms with Crippen LogP contribution in [0, 0.1) is 0 Å². The van der Waals surface area contributed by atoms with Gasteiger partial charge in [-0.2, -0.15) is 0 Å². The second-order valence-electron chi connectivity index (χ2n) is 4.29. The maximum absolute atomic E-state index is 12.3. The molecule has 0 aliphatic heterocycles. The van der Waals surface area contributed by atoms with E-state index in [1.165, 1.54) is 0 Å². The maximum Gasteiger partial charge on any atom is 0.270 e. The molecular formula is C13H21N3O. The van der Waals surface area contributed by atoms with Crippen LogP contribution in [-0.2, 0) is 0 Å². The fraction of sp³-hybridized carbons (Fsp3) is 0.462. The molecule has 0 aromatic carbocycles. The number of aromatic nitrogens is 1.